The van der Waals surface area contributed by atoms with Crippen molar-refractivity contribution in [1.29, 1.82) is 0 Å². The number of carbonyl (C=O) groups is 1. The summed E-state index contributed by atoms with van der Waals surface area (Å²) < 4.78 is 13.9. The molecule has 0 unspecified atom stereocenters. The van der Waals surface area contributed by atoms with E-state index in [1.807, 2.05) is 19.9 Å². The first-order valence-electron chi connectivity index (χ1n) is 5.32. The maximum Gasteiger partial charge on any atom is 0.357 e. The maximum atomic E-state index is 13.9. The fourth-order valence-corrected chi connectivity index (χ4v) is 1.61. The Balaban J connectivity index is 2.60. The van der Waals surface area contributed by atoms with Crippen LogP contribution < -0.4 is 0 Å². The summed E-state index contributed by atoms with van der Waals surface area (Å²) in [5.41, 5.74) is 2.00. The highest BCUT2D eigenvalue weighted by molar-refractivity contribution is 5.87. The molecule has 1 aromatic carbocycles. The van der Waals surface area contributed by atoms with Crippen LogP contribution in [0, 0.1) is 19.7 Å². The molecule has 1 heterocycles. The second kappa shape index (κ2) is 4.52. The van der Waals surface area contributed by atoms with Gasteiger partial charge >= 0.3 is 5.97 Å². The predicted octanol–water partition coefficient (Wildman–Crippen LogP) is 2.60. The van der Waals surface area contributed by atoms with E-state index in [9.17, 15) is 9.18 Å². The molecule has 0 fully saturated rings. The molecule has 0 saturated heterocycles. The van der Waals surface area contributed by atoms with Gasteiger partial charge in [0.15, 0.2) is 11.5 Å². The van der Waals surface area contributed by atoms with Crippen LogP contribution in [0.4, 0.5) is 4.39 Å². The molecular weight excluding hydrogens is 235 g/mol. The van der Waals surface area contributed by atoms with Crippen molar-refractivity contribution in [2.75, 3.05) is 0 Å². The van der Waals surface area contributed by atoms with Gasteiger partial charge in [0.1, 0.15) is 12.0 Å². The Morgan fingerprint density at radius 2 is 1.94 bits per heavy atom. The molecule has 0 bridgehead atoms. The third-order valence-corrected chi connectivity index (χ3v) is 2.77. The summed E-state index contributed by atoms with van der Waals surface area (Å²) in [6.07, 6.45) is 1.05. The van der Waals surface area contributed by atoms with Crippen LogP contribution in [0.15, 0.2) is 24.5 Å². The Labute approximate surface area is 103 Å². The molecule has 0 aliphatic rings. The van der Waals surface area contributed by atoms with E-state index in [1.165, 1.54) is 0 Å². The normalized spacial score (nSPS) is 10.4. The highest BCUT2D eigenvalue weighted by atomic mass is 19.1. The van der Waals surface area contributed by atoms with Gasteiger partial charge in [-0.2, -0.15) is 0 Å². The van der Waals surface area contributed by atoms with Gasteiger partial charge in [-0.05, 0) is 31.0 Å². The van der Waals surface area contributed by atoms with Gasteiger partial charge in [0.05, 0.1) is 0 Å². The molecule has 92 valence electrons. The van der Waals surface area contributed by atoms with Crippen molar-refractivity contribution in [3.05, 3.63) is 47.2 Å². The van der Waals surface area contributed by atoms with Crippen LogP contribution in [-0.2, 0) is 0 Å². The van der Waals surface area contributed by atoms with Gasteiger partial charge in [-0.3, -0.25) is 0 Å². The number of carboxylic acids is 1. The molecule has 0 amide bonds. The van der Waals surface area contributed by atoms with Crippen LogP contribution >= 0.6 is 0 Å². The SMILES string of the molecule is Cc1ccc(-c2ncnc(C(=O)O)c2F)cc1C. The Hall–Kier alpha value is -2.30. The molecule has 0 saturated carbocycles. The highest BCUT2D eigenvalue weighted by Crippen LogP contribution is 2.23. The number of aromatic carboxylic acids is 1. The molecule has 2 aromatic rings. The molecular formula is C13H11FN2O2. The first-order valence-corrected chi connectivity index (χ1v) is 5.32. The number of carboxylic acid groups (broad SMARTS) is 1. The third-order valence-electron chi connectivity index (χ3n) is 2.77. The van der Waals surface area contributed by atoms with Gasteiger partial charge in [0.2, 0.25) is 0 Å². The van der Waals surface area contributed by atoms with E-state index in [-0.39, 0.29) is 5.69 Å². The van der Waals surface area contributed by atoms with Crippen LogP contribution in [0.5, 0.6) is 0 Å². The van der Waals surface area contributed by atoms with Gasteiger partial charge in [0, 0.05) is 5.56 Å². The highest BCUT2D eigenvalue weighted by Gasteiger charge is 2.18. The number of nitrogens with zero attached hydrogens (tertiary/aromatic N) is 2. The lowest BCUT2D eigenvalue weighted by Gasteiger charge is -2.06. The van der Waals surface area contributed by atoms with Crippen molar-refractivity contribution in [3.63, 3.8) is 0 Å². The number of aryl methyl sites for hydroxylation is 2. The number of hydrogen-bond acceptors (Lipinski definition) is 3. The predicted molar refractivity (Wildman–Crippen MR) is 63.9 cm³/mol. The molecule has 1 aromatic heterocycles. The largest absolute Gasteiger partial charge is 0.476 e. The summed E-state index contributed by atoms with van der Waals surface area (Å²) in [5, 5.41) is 8.81. The molecule has 0 radical (unpaired) electrons. The van der Waals surface area contributed by atoms with Crippen molar-refractivity contribution in [1.82, 2.24) is 9.97 Å². The van der Waals surface area contributed by atoms with Crippen LogP contribution in [0.3, 0.4) is 0 Å². The van der Waals surface area contributed by atoms with Crippen LogP contribution in [-0.4, -0.2) is 21.0 Å². The first-order chi connectivity index (χ1) is 8.50. The van der Waals surface area contributed by atoms with E-state index in [0.29, 0.717) is 5.56 Å². The quantitative estimate of drug-likeness (QED) is 0.884. The lowest BCUT2D eigenvalue weighted by Crippen LogP contribution is -2.06. The number of benzene rings is 1. The molecule has 0 atom stereocenters. The van der Waals surface area contributed by atoms with Gasteiger partial charge in [0.25, 0.3) is 0 Å². The molecule has 1 N–H and O–H groups in total. The van der Waals surface area contributed by atoms with Crippen molar-refractivity contribution < 1.29 is 14.3 Å². The first kappa shape index (κ1) is 12.2. The Morgan fingerprint density at radius 1 is 1.22 bits per heavy atom. The van der Waals surface area contributed by atoms with E-state index >= 15 is 0 Å². The van der Waals surface area contributed by atoms with Gasteiger partial charge in [-0.15, -0.1) is 0 Å². The smallest absolute Gasteiger partial charge is 0.357 e. The molecule has 0 aliphatic carbocycles. The standard InChI is InChI=1S/C13H11FN2O2/c1-7-3-4-9(5-8(7)2)11-10(14)12(13(17)18)16-6-15-11/h3-6H,1-2H3,(H,17,18). The number of hydrogen-bond donors (Lipinski definition) is 1. The molecule has 2 rings (SSSR count). The third kappa shape index (κ3) is 2.07. The lowest BCUT2D eigenvalue weighted by molar-refractivity contribution is 0.0684. The zero-order valence-corrected chi connectivity index (χ0v) is 9.94. The zero-order chi connectivity index (χ0) is 13.3. The van der Waals surface area contributed by atoms with Crippen molar-refractivity contribution >= 4 is 5.97 Å². The minimum Gasteiger partial charge on any atom is -0.476 e. The van der Waals surface area contributed by atoms with E-state index < -0.39 is 17.5 Å². The summed E-state index contributed by atoms with van der Waals surface area (Å²) in [6.45, 7) is 3.84. The van der Waals surface area contributed by atoms with Gasteiger partial charge in [-0.1, -0.05) is 12.1 Å². The lowest BCUT2D eigenvalue weighted by atomic mass is 10.0. The zero-order valence-electron chi connectivity index (χ0n) is 9.94. The molecule has 18 heavy (non-hydrogen) atoms. The fourth-order valence-electron chi connectivity index (χ4n) is 1.61. The summed E-state index contributed by atoms with van der Waals surface area (Å²) in [4.78, 5) is 18.0. The Morgan fingerprint density at radius 3 is 2.56 bits per heavy atom. The average Bonchev–Trinajstić information content (AvgIpc) is 2.33. The Bertz CT molecular complexity index is 626. The number of rotatable bonds is 2. The molecule has 0 spiro atoms. The average molecular weight is 246 g/mol. The number of halogens is 1. The fraction of sp³-hybridized carbons (Fsp3) is 0.154. The van der Waals surface area contributed by atoms with Crippen LogP contribution in [0.1, 0.15) is 21.6 Å². The second-order valence-electron chi connectivity index (χ2n) is 3.99. The van der Waals surface area contributed by atoms with Crippen LogP contribution in [0.25, 0.3) is 11.3 Å². The molecule has 4 nitrogen and oxygen atoms in total. The molecule has 0 aliphatic heterocycles. The van der Waals surface area contributed by atoms with Crippen molar-refractivity contribution in [3.8, 4) is 11.3 Å². The van der Waals surface area contributed by atoms with E-state index in [2.05, 4.69) is 9.97 Å². The van der Waals surface area contributed by atoms with E-state index in [4.69, 9.17) is 5.11 Å². The van der Waals surface area contributed by atoms with Crippen molar-refractivity contribution in [2.24, 2.45) is 0 Å². The monoisotopic (exact) mass is 246 g/mol. The summed E-state index contributed by atoms with van der Waals surface area (Å²) >= 11 is 0. The van der Waals surface area contributed by atoms with Gasteiger partial charge in [-0.25, -0.2) is 19.2 Å². The minimum absolute atomic E-state index is 0.00509. The number of aromatic nitrogens is 2. The summed E-state index contributed by atoms with van der Waals surface area (Å²) in [5.74, 6) is -2.31. The van der Waals surface area contributed by atoms with E-state index in [0.717, 1.165) is 17.5 Å². The van der Waals surface area contributed by atoms with Crippen molar-refractivity contribution in [2.45, 2.75) is 13.8 Å². The second-order valence-corrected chi connectivity index (χ2v) is 3.99. The van der Waals surface area contributed by atoms with Crippen LogP contribution in [0.2, 0.25) is 0 Å². The minimum atomic E-state index is -1.40. The Kier molecular flexibility index (Phi) is 3.06. The van der Waals surface area contributed by atoms with E-state index in [1.54, 1.807) is 12.1 Å². The molecule has 5 heteroatoms. The maximum absolute atomic E-state index is 13.9. The summed E-state index contributed by atoms with van der Waals surface area (Å²) in [6, 6.07) is 5.32. The van der Waals surface area contributed by atoms with Gasteiger partial charge < -0.3 is 5.11 Å². The topological polar surface area (TPSA) is 63.1 Å². The summed E-state index contributed by atoms with van der Waals surface area (Å²) in [7, 11) is 0.